The maximum absolute atomic E-state index is 11.2. The summed E-state index contributed by atoms with van der Waals surface area (Å²) in [5, 5.41) is 0. The van der Waals surface area contributed by atoms with Crippen molar-refractivity contribution in [2.24, 2.45) is 0 Å². The van der Waals surface area contributed by atoms with Crippen LogP contribution in [0.3, 0.4) is 0 Å². The van der Waals surface area contributed by atoms with Gasteiger partial charge in [-0.25, -0.2) is 9.78 Å². The monoisotopic (exact) mass is 179 g/mol. The number of ether oxygens (including phenoxy) is 1. The van der Waals surface area contributed by atoms with Crippen molar-refractivity contribution in [3.63, 3.8) is 0 Å². The Labute approximate surface area is 77.8 Å². The highest BCUT2D eigenvalue weighted by atomic mass is 16.5. The zero-order valence-corrected chi connectivity index (χ0v) is 8.13. The molecule has 0 aliphatic rings. The van der Waals surface area contributed by atoms with Crippen molar-refractivity contribution >= 4 is 5.97 Å². The van der Waals surface area contributed by atoms with Crippen molar-refractivity contribution in [3.8, 4) is 0 Å². The van der Waals surface area contributed by atoms with Crippen LogP contribution >= 0.6 is 0 Å². The van der Waals surface area contributed by atoms with E-state index in [-0.39, 0.29) is 5.97 Å². The van der Waals surface area contributed by atoms with Gasteiger partial charge in [-0.1, -0.05) is 0 Å². The average molecular weight is 179 g/mol. The lowest BCUT2D eigenvalue weighted by atomic mass is 10.1. The van der Waals surface area contributed by atoms with Gasteiger partial charge in [-0.2, -0.15) is 0 Å². The minimum absolute atomic E-state index is 0.356. The van der Waals surface area contributed by atoms with Crippen molar-refractivity contribution in [3.05, 3.63) is 29.1 Å². The van der Waals surface area contributed by atoms with Crippen LogP contribution in [0.2, 0.25) is 0 Å². The minimum Gasteiger partial charge on any atom is -0.461 e. The van der Waals surface area contributed by atoms with Crippen LogP contribution < -0.4 is 0 Å². The Kier molecular flexibility index (Phi) is 3.01. The highest BCUT2D eigenvalue weighted by Crippen LogP contribution is 2.07. The number of pyridine rings is 1. The van der Waals surface area contributed by atoms with Crippen LogP contribution in [0.1, 0.15) is 28.5 Å². The number of nitrogens with zero attached hydrogens (tertiary/aromatic N) is 1. The van der Waals surface area contributed by atoms with E-state index in [1.165, 1.54) is 0 Å². The molecule has 0 bridgehead atoms. The summed E-state index contributed by atoms with van der Waals surface area (Å²) >= 11 is 0. The zero-order chi connectivity index (χ0) is 9.84. The zero-order valence-electron chi connectivity index (χ0n) is 8.13. The highest BCUT2D eigenvalue weighted by molar-refractivity contribution is 5.87. The third-order valence-corrected chi connectivity index (χ3v) is 1.86. The summed E-state index contributed by atoms with van der Waals surface area (Å²) in [4.78, 5) is 15.2. The molecule has 0 fully saturated rings. The molecular formula is C10H13NO2. The molecule has 0 aliphatic carbocycles. The number of aromatic nitrogens is 1. The minimum atomic E-state index is -0.356. The summed E-state index contributed by atoms with van der Waals surface area (Å²) in [7, 11) is 0. The SMILES string of the molecule is CCOC(=O)c1cc(C)c(C)cn1. The van der Waals surface area contributed by atoms with Gasteiger partial charge in [0.05, 0.1) is 6.61 Å². The predicted molar refractivity (Wildman–Crippen MR) is 49.7 cm³/mol. The van der Waals surface area contributed by atoms with Gasteiger partial charge in [0.15, 0.2) is 0 Å². The Bertz CT molecular complexity index is 321. The topological polar surface area (TPSA) is 39.2 Å². The number of rotatable bonds is 2. The van der Waals surface area contributed by atoms with Gasteiger partial charge in [0.25, 0.3) is 0 Å². The normalized spacial score (nSPS) is 9.77. The van der Waals surface area contributed by atoms with E-state index in [0.717, 1.165) is 11.1 Å². The Balaban J connectivity index is 2.90. The first-order chi connectivity index (χ1) is 6.15. The molecule has 0 spiro atoms. The number of hydrogen-bond acceptors (Lipinski definition) is 3. The van der Waals surface area contributed by atoms with Crippen molar-refractivity contribution < 1.29 is 9.53 Å². The number of carbonyl (C=O) groups is 1. The first-order valence-electron chi connectivity index (χ1n) is 4.25. The highest BCUT2D eigenvalue weighted by Gasteiger charge is 2.08. The quantitative estimate of drug-likeness (QED) is 0.650. The molecule has 0 saturated heterocycles. The maximum Gasteiger partial charge on any atom is 0.356 e. The number of carbonyl (C=O) groups excluding carboxylic acids is 1. The summed E-state index contributed by atoms with van der Waals surface area (Å²) in [5.41, 5.74) is 2.51. The first kappa shape index (κ1) is 9.71. The van der Waals surface area contributed by atoms with Crippen LogP contribution in [0.15, 0.2) is 12.3 Å². The molecule has 70 valence electrons. The van der Waals surface area contributed by atoms with Gasteiger partial charge >= 0.3 is 5.97 Å². The van der Waals surface area contributed by atoms with E-state index in [1.54, 1.807) is 19.2 Å². The third-order valence-electron chi connectivity index (χ3n) is 1.86. The van der Waals surface area contributed by atoms with Crippen molar-refractivity contribution in [2.75, 3.05) is 6.61 Å². The van der Waals surface area contributed by atoms with E-state index in [1.807, 2.05) is 13.8 Å². The Morgan fingerprint density at radius 1 is 1.46 bits per heavy atom. The van der Waals surface area contributed by atoms with Gasteiger partial charge in [-0.3, -0.25) is 0 Å². The average Bonchev–Trinajstić information content (AvgIpc) is 2.10. The van der Waals surface area contributed by atoms with Crippen molar-refractivity contribution in [1.29, 1.82) is 0 Å². The molecule has 0 aromatic carbocycles. The van der Waals surface area contributed by atoms with E-state index in [0.29, 0.717) is 12.3 Å². The molecule has 3 heteroatoms. The molecule has 1 rings (SSSR count). The summed E-state index contributed by atoms with van der Waals surface area (Å²) in [6, 6.07) is 1.74. The molecule has 0 radical (unpaired) electrons. The molecule has 1 aromatic rings. The van der Waals surface area contributed by atoms with Crippen LogP contribution in [-0.2, 0) is 4.74 Å². The van der Waals surface area contributed by atoms with Gasteiger partial charge in [0, 0.05) is 6.20 Å². The van der Waals surface area contributed by atoms with E-state index in [2.05, 4.69) is 4.98 Å². The summed E-state index contributed by atoms with van der Waals surface area (Å²) in [6.45, 7) is 6.06. The second kappa shape index (κ2) is 4.03. The summed E-state index contributed by atoms with van der Waals surface area (Å²) in [5.74, 6) is -0.356. The Morgan fingerprint density at radius 3 is 2.69 bits per heavy atom. The van der Waals surface area contributed by atoms with Crippen LogP contribution in [0.25, 0.3) is 0 Å². The number of esters is 1. The molecule has 13 heavy (non-hydrogen) atoms. The Hall–Kier alpha value is -1.38. The van der Waals surface area contributed by atoms with Gasteiger partial charge in [-0.15, -0.1) is 0 Å². The molecule has 1 aromatic heterocycles. The van der Waals surface area contributed by atoms with Gasteiger partial charge in [0.2, 0.25) is 0 Å². The van der Waals surface area contributed by atoms with E-state index in [4.69, 9.17) is 4.74 Å². The number of aryl methyl sites for hydroxylation is 2. The second-order valence-electron chi connectivity index (χ2n) is 2.87. The molecule has 0 saturated carbocycles. The first-order valence-corrected chi connectivity index (χ1v) is 4.25. The maximum atomic E-state index is 11.2. The van der Waals surface area contributed by atoms with Crippen molar-refractivity contribution in [2.45, 2.75) is 20.8 Å². The summed E-state index contributed by atoms with van der Waals surface area (Å²) in [6.07, 6.45) is 1.68. The van der Waals surface area contributed by atoms with Gasteiger partial charge in [-0.05, 0) is 38.0 Å². The standard InChI is InChI=1S/C10H13NO2/c1-4-13-10(12)9-5-7(2)8(3)6-11-9/h5-6H,4H2,1-3H3. The van der Waals surface area contributed by atoms with Crippen LogP contribution in [0, 0.1) is 13.8 Å². The van der Waals surface area contributed by atoms with Crippen LogP contribution in [0.5, 0.6) is 0 Å². The Morgan fingerprint density at radius 2 is 2.15 bits per heavy atom. The second-order valence-corrected chi connectivity index (χ2v) is 2.87. The fourth-order valence-electron chi connectivity index (χ4n) is 0.941. The third kappa shape index (κ3) is 2.28. The smallest absolute Gasteiger partial charge is 0.356 e. The van der Waals surface area contributed by atoms with Crippen LogP contribution in [0.4, 0.5) is 0 Å². The molecule has 0 unspecified atom stereocenters. The van der Waals surface area contributed by atoms with Crippen LogP contribution in [-0.4, -0.2) is 17.6 Å². The van der Waals surface area contributed by atoms with E-state index < -0.39 is 0 Å². The molecule has 0 atom stereocenters. The van der Waals surface area contributed by atoms with E-state index >= 15 is 0 Å². The fraction of sp³-hybridized carbons (Fsp3) is 0.400. The lowest BCUT2D eigenvalue weighted by molar-refractivity contribution is 0.0519. The van der Waals surface area contributed by atoms with Gasteiger partial charge < -0.3 is 4.74 Å². The lowest BCUT2D eigenvalue weighted by Crippen LogP contribution is -2.07. The molecule has 3 nitrogen and oxygen atoms in total. The molecule has 1 heterocycles. The van der Waals surface area contributed by atoms with E-state index in [9.17, 15) is 4.79 Å². The van der Waals surface area contributed by atoms with Gasteiger partial charge in [0.1, 0.15) is 5.69 Å². The molecule has 0 N–H and O–H groups in total. The largest absolute Gasteiger partial charge is 0.461 e. The molecule has 0 amide bonds. The molecule has 0 aliphatic heterocycles. The summed E-state index contributed by atoms with van der Waals surface area (Å²) < 4.78 is 4.82. The fourth-order valence-corrected chi connectivity index (χ4v) is 0.941. The lowest BCUT2D eigenvalue weighted by Gasteiger charge is -2.03. The van der Waals surface area contributed by atoms with Crippen molar-refractivity contribution in [1.82, 2.24) is 4.98 Å². The predicted octanol–water partition coefficient (Wildman–Crippen LogP) is 1.88. The molecular weight excluding hydrogens is 166 g/mol. The number of hydrogen-bond donors (Lipinski definition) is 0.